The fourth-order valence-corrected chi connectivity index (χ4v) is 4.49. The second kappa shape index (κ2) is 8.06. The Kier molecular flexibility index (Phi) is 5.34. The quantitative estimate of drug-likeness (QED) is 0.816. The van der Waals surface area contributed by atoms with Crippen LogP contribution in [0, 0.1) is 0 Å². The van der Waals surface area contributed by atoms with Crippen molar-refractivity contribution in [3.63, 3.8) is 0 Å². The maximum atomic E-state index is 12.3. The highest BCUT2D eigenvalue weighted by atomic mass is 32.2. The molecule has 1 fully saturated rings. The standard InChI is InChI=1S/C21H21N3O3S/c25-19(12-18-21(27)23-16-4-1-2-5-17(16)28-18)22-13-14-7-9-15(10-8-14)24-11-3-6-20(24)26/h1-2,4-5,7-10,18H,3,6,11-13H2,(H,22,25)(H,23,27)/t18-/m0/s1. The van der Waals surface area contributed by atoms with Crippen molar-refractivity contribution in [2.75, 3.05) is 16.8 Å². The van der Waals surface area contributed by atoms with Gasteiger partial charge in [0.2, 0.25) is 17.7 Å². The molecule has 3 amide bonds. The number of benzene rings is 2. The summed E-state index contributed by atoms with van der Waals surface area (Å²) >= 11 is 1.42. The zero-order chi connectivity index (χ0) is 19.5. The molecule has 2 aliphatic heterocycles. The summed E-state index contributed by atoms with van der Waals surface area (Å²) in [6.45, 7) is 1.15. The van der Waals surface area contributed by atoms with Crippen molar-refractivity contribution < 1.29 is 14.4 Å². The third kappa shape index (κ3) is 4.04. The van der Waals surface area contributed by atoms with Gasteiger partial charge in [-0.3, -0.25) is 14.4 Å². The molecule has 0 aliphatic carbocycles. The minimum atomic E-state index is -0.432. The number of thioether (sulfide) groups is 1. The Morgan fingerprint density at radius 2 is 1.93 bits per heavy atom. The fraction of sp³-hybridized carbons (Fsp3) is 0.286. The highest BCUT2D eigenvalue weighted by Gasteiger charge is 2.28. The van der Waals surface area contributed by atoms with Gasteiger partial charge in [-0.15, -0.1) is 11.8 Å². The van der Waals surface area contributed by atoms with Gasteiger partial charge < -0.3 is 15.5 Å². The first-order valence-electron chi connectivity index (χ1n) is 9.33. The van der Waals surface area contributed by atoms with Crippen LogP contribution in [0.4, 0.5) is 11.4 Å². The Balaban J connectivity index is 1.30. The molecule has 0 spiro atoms. The van der Waals surface area contributed by atoms with Gasteiger partial charge in [-0.05, 0) is 36.2 Å². The highest BCUT2D eigenvalue weighted by molar-refractivity contribution is 8.01. The summed E-state index contributed by atoms with van der Waals surface area (Å²) in [5.74, 6) is -0.143. The topological polar surface area (TPSA) is 78.5 Å². The molecule has 6 nitrogen and oxygen atoms in total. The summed E-state index contributed by atoms with van der Waals surface area (Å²) in [6, 6.07) is 15.2. The molecule has 4 rings (SSSR count). The Bertz CT molecular complexity index is 913. The Hall–Kier alpha value is -2.80. The molecule has 0 saturated carbocycles. The molecule has 1 atom stereocenters. The van der Waals surface area contributed by atoms with Crippen molar-refractivity contribution in [2.24, 2.45) is 0 Å². The Labute approximate surface area is 167 Å². The predicted octanol–water partition coefficient (Wildman–Crippen LogP) is 2.93. The van der Waals surface area contributed by atoms with Crippen LogP contribution in [0.3, 0.4) is 0 Å². The van der Waals surface area contributed by atoms with Crippen LogP contribution in [0.1, 0.15) is 24.8 Å². The molecule has 2 N–H and O–H groups in total. The van der Waals surface area contributed by atoms with Gasteiger partial charge in [-0.1, -0.05) is 24.3 Å². The number of hydrogen-bond acceptors (Lipinski definition) is 4. The number of carbonyl (C=O) groups excluding carboxylic acids is 3. The molecule has 2 aromatic rings. The summed E-state index contributed by atoms with van der Waals surface area (Å²) in [6.07, 6.45) is 1.63. The molecule has 0 radical (unpaired) electrons. The van der Waals surface area contributed by atoms with E-state index in [-0.39, 0.29) is 24.1 Å². The predicted molar refractivity (Wildman–Crippen MR) is 109 cm³/mol. The third-order valence-corrected chi connectivity index (χ3v) is 6.16. The minimum absolute atomic E-state index is 0.130. The van der Waals surface area contributed by atoms with Crippen molar-refractivity contribution in [3.8, 4) is 0 Å². The van der Waals surface area contributed by atoms with Gasteiger partial charge in [-0.25, -0.2) is 0 Å². The molecule has 0 bridgehead atoms. The fourth-order valence-electron chi connectivity index (χ4n) is 3.38. The summed E-state index contributed by atoms with van der Waals surface area (Å²) in [5.41, 5.74) is 2.65. The van der Waals surface area contributed by atoms with E-state index in [9.17, 15) is 14.4 Å². The third-order valence-electron chi connectivity index (χ3n) is 4.89. The van der Waals surface area contributed by atoms with Gasteiger partial charge in [0.25, 0.3) is 0 Å². The molecule has 144 valence electrons. The number of hydrogen-bond donors (Lipinski definition) is 2. The van der Waals surface area contributed by atoms with Crippen LogP contribution >= 0.6 is 11.8 Å². The van der Waals surface area contributed by atoms with E-state index in [2.05, 4.69) is 10.6 Å². The summed E-state index contributed by atoms with van der Waals surface area (Å²) < 4.78 is 0. The van der Waals surface area contributed by atoms with Gasteiger partial charge in [0.15, 0.2) is 0 Å². The highest BCUT2D eigenvalue weighted by Crippen LogP contribution is 2.36. The van der Waals surface area contributed by atoms with Gasteiger partial charge >= 0.3 is 0 Å². The van der Waals surface area contributed by atoms with Crippen molar-refractivity contribution in [3.05, 3.63) is 54.1 Å². The largest absolute Gasteiger partial charge is 0.352 e. The summed E-state index contributed by atoms with van der Waals surface area (Å²) in [7, 11) is 0. The van der Waals surface area contributed by atoms with Crippen LogP contribution in [0.5, 0.6) is 0 Å². The van der Waals surface area contributed by atoms with E-state index in [1.54, 1.807) is 4.90 Å². The number of fused-ring (bicyclic) bond motifs is 1. The average molecular weight is 395 g/mol. The number of nitrogens with one attached hydrogen (secondary N) is 2. The first-order valence-corrected chi connectivity index (χ1v) is 10.2. The summed E-state index contributed by atoms with van der Waals surface area (Å²) in [4.78, 5) is 39.1. The number of para-hydroxylation sites is 1. The van der Waals surface area contributed by atoms with E-state index in [0.717, 1.165) is 34.8 Å². The van der Waals surface area contributed by atoms with Crippen LogP contribution in [-0.4, -0.2) is 29.5 Å². The average Bonchev–Trinajstić information content (AvgIpc) is 3.13. The molecule has 0 unspecified atom stereocenters. The van der Waals surface area contributed by atoms with Crippen molar-refractivity contribution in [1.29, 1.82) is 0 Å². The van der Waals surface area contributed by atoms with Crippen LogP contribution in [-0.2, 0) is 20.9 Å². The number of carbonyl (C=O) groups is 3. The number of nitrogens with zero attached hydrogens (tertiary/aromatic N) is 1. The lowest BCUT2D eigenvalue weighted by Gasteiger charge is -2.23. The smallest absolute Gasteiger partial charge is 0.238 e. The van der Waals surface area contributed by atoms with Gasteiger partial charge in [0.1, 0.15) is 0 Å². The molecule has 28 heavy (non-hydrogen) atoms. The van der Waals surface area contributed by atoms with Gasteiger partial charge in [0, 0.05) is 36.5 Å². The minimum Gasteiger partial charge on any atom is -0.352 e. The summed E-state index contributed by atoms with van der Waals surface area (Å²) in [5, 5.41) is 5.30. The normalized spacial score (nSPS) is 18.6. The maximum absolute atomic E-state index is 12.3. The van der Waals surface area contributed by atoms with E-state index in [1.165, 1.54) is 11.8 Å². The molecule has 0 aromatic heterocycles. The molecule has 7 heteroatoms. The van der Waals surface area contributed by atoms with Crippen LogP contribution < -0.4 is 15.5 Å². The lowest BCUT2D eigenvalue weighted by atomic mass is 10.2. The first kappa shape index (κ1) is 18.6. The van der Waals surface area contributed by atoms with E-state index in [4.69, 9.17) is 0 Å². The van der Waals surface area contributed by atoms with E-state index in [1.807, 2.05) is 48.5 Å². The van der Waals surface area contributed by atoms with Crippen LogP contribution in [0.15, 0.2) is 53.4 Å². The molecule has 2 aromatic carbocycles. The second-order valence-electron chi connectivity index (χ2n) is 6.89. The lowest BCUT2D eigenvalue weighted by molar-refractivity contribution is -0.124. The molecular formula is C21H21N3O3S. The van der Waals surface area contributed by atoms with Crippen LogP contribution in [0.25, 0.3) is 0 Å². The van der Waals surface area contributed by atoms with Crippen LogP contribution in [0.2, 0.25) is 0 Å². The Morgan fingerprint density at radius 1 is 1.14 bits per heavy atom. The molecular weight excluding hydrogens is 374 g/mol. The molecule has 2 heterocycles. The lowest BCUT2D eigenvalue weighted by Crippen LogP contribution is -2.34. The monoisotopic (exact) mass is 395 g/mol. The Morgan fingerprint density at radius 3 is 2.68 bits per heavy atom. The SMILES string of the molecule is O=C(C[C@@H]1Sc2ccccc2NC1=O)NCc1ccc(N2CCCC2=O)cc1. The molecule has 1 saturated heterocycles. The maximum Gasteiger partial charge on any atom is 0.238 e. The number of rotatable bonds is 5. The van der Waals surface area contributed by atoms with Crippen molar-refractivity contribution in [1.82, 2.24) is 5.32 Å². The molecule has 2 aliphatic rings. The van der Waals surface area contributed by atoms with E-state index >= 15 is 0 Å². The van der Waals surface area contributed by atoms with E-state index in [0.29, 0.717) is 13.0 Å². The number of amides is 3. The number of anilines is 2. The van der Waals surface area contributed by atoms with E-state index < -0.39 is 5.25 Å². The van der Waals surface area contributed by atoms with Crippen molar-refractivity contribution >= 4 is 40.9 Å². The zero-order valence-electron chi connectivity index (χ0n) is 15.3. The van der Waals surface area contributed by atoms with Gasteiger partial charge in [0.05, 0.1) is 10.9 Å². The zero-order valence-corrected chi connectivity index (χ0v) is 16.1. The first-order chi connectivity index (χ1) is 13.6. The van der Waals surface area contributed by atoms with Crippen molar-refractivity contribution in [2.45, 2.75) is 36.0 Å². The second-order valence-corrected chi connectivity index (χ2v) is 8.13. The van der Waals surface area contributed by atoms with Gasteiger partial charge in [-0.2, -0.15) is 0 Å².